The smallest absolute Gasteiger partial charge is 0.341 e. The molecule has 1 amide bonds. The number of fused-ring (bicyclic) bond motifs is 1. The molecule has 0 saturated heterocycles. The molecule has 0 aromatic carbocycles. The van der Waals surface area contributed by atoms with Crippen molar-refractivity contribution in [3.05, 3.63) is 44.2 Å². The molecule has 1 aliphatic rings. The number of aromatic nitrogens is 2. The van der Waals surface area contributed by atoms with Crippen molar-refractivity contribution < 1.29 is 14.3 Å². The molecule has 0 unspecified atom stereocenters. The topological polar surface area (TPSA) is 101 Å². The van der Waals surface area contributed by atoms with Crippen molar-refractivity contribution in [2.75, 3.05) is 11.9 Å². The summed E-state index contributed by atoms with van der Waals surface area (Å²) in [6.45, 7) is 2.03. The molecule has 8 heteroatoms. The number of ether oxygens (including phenoxy) is 1. The van der Waals surface area contributed by atoms with Gasteiger partial charge >= 0.3 is 5.97 Å². The van der Waals surface area contributed by atoms with E-state index in [9.17, 15) is 14.4 Å². The number of H-pyrrole nitrogens is 1. The Morgan fingerprint density at radius 1 is 1.33 bits per heavy atom. The number of nitrogens with zero attached hydrogens (tertiary/aromatic N) is 1. The molecular weight excluding hydrogens is 330 g/mol. The van der Waals surface area contributed by atoms with Crippen LogP contribution in [0.5, 0.6) is 0 Å². The minimum absolute atomic E-state index is 0.0794. The van der Waals surface area contributed by atoms with Crippen LogP contribution in [0, 0.1) is 0 Å². The molecule has 2 heterocycles. The number of carbonyl (C=O) groups is 2. The molecular formula is C16H17N3O4S. The predicted octanol–water partition coefficient (Wildman–Crippen LogP) is 2.14. The fraction of sp³-hybridized carbons (Fsp3) is 0.375. The maximum atomic E-state index is 12.3. The third-order valence-corrected chi connectivity index (χ3v) is 5.00. The molecule has 126 valence electrons. The quantitative estimate of drug-likeness (QED) is 0.825. The summed E-state index contributed by atoms with van der Waals surface area (Å²) < 4.78 is 5.15. The monoisotopic (exact) mass is 347 g/mol. The highest BCUT2D eigenvalue weighted by atomic mass is 32.1. The zero-order valence-corrected chi connectivity index (χ0v) is 14.0. The summed E-state index contributed by atoms with van der Waals surface area (Å²) in [7, 11) is 0. The van der Waals surface area contributed by atoms with Gasteiger partial charge in [-0.1, -0.05) is 0 Å². The number of hydrogen-bond donors (Lipinski definition) is 2. The number of rotatable bonds is 4. The highest BCUT2D eigenvalue weighted by Gasteiger charge is 2.27. The summed E-state index contributed by atoms with van der Waals surface area (Å²) in [5.41, 5.74) is 1.13. The average Bonchev–Trinajstić information content (AvgIpc) is 2.93. The van der Waals surface area contributed by atoms with E-state index in [1.165, 1.54) is 23.5 Å². The lowest BCUT2D eigenvalue weighted by atomic mass is 9.95. The second kappa shape index (κ2) is 6.96. The number of aryl methyl sites for hydroxylation is 1. The minimum Gasteiger partial charge on any atom is -0.462 e. The van der Waals surface area contributed by atoms with Crippen LogP contribution in [0.1, 0.15) is 51.1 Å². The fourth-order valence-electron chi connectivity index (χ4n) is 2.71. The van der Waals surface area contributed by atoms with Crippen molar-refractivity contribution in [1.29, 1.82) is 0 Å². The number of anilines is 1. The van der Waals surface area contributed by atoms with Crippen LogP contribution in [0.2, 0.25) is 0 Å². The van der Waals surface area contributed by atoms with Crippen LogP contribution >= 0.6 is 11.3 Å². The number of nitrogens with one attached hydrogen (secondary N) is 2. The summed E-state index contributed by atoms with van der Waals surface area (Å²) >= 11 is 1.41. The third kappa shape index (κ3) is 3.23. The Kier molecular flexibility index (Phi) is 4.75. The largest absolute Gasteiger partial charge is 0.462 e. The van der Waals surface area contributed by atoms with Gasteiger partial charge in [0.2, 0.25) is 0 Å². The lowest BCUT2D eigenvalue weighted by Crippen LogP contribution is -2.19. The molecule has 0 bridgehead atoms. The van der Waals surface area contributed by atoms with Gasteiger partial charge in [0.25, 0.3) is 11.5 Å². The Labute approximate surface area is 142 Å². The normalized spacial score (nSPS) is 13.2. The summed E-state index contributed by atoms with van der Waals surface area (Å²) in [5, 5.41) is 9.15. The fourth-order valence-corrected chi connectivity index (χ4v) is 3.98. The molecule has 2 N–H and O–H groups in total. The van der Waals surface area contributed by atoms with E-state index in [1.807, 2.05) is 0 Å². The third-order valence-electron chi connectivity index (χ3n) is 3.79. The van der Waals surface area contributed by atoms with E-state index in [1.54, 1.807) is 6.92 Å². The molecule has 3 rings (SSSR count). The minimum atomic E-state index is -0.476. The van der Waals surface area contributed by atoms with Crippen LogP contribution in [0.3, 0.4) is 0 Å². The van der Waals surface area contributed by atoms with Crippen molar-refractivity contribution in [2.24, 2.45) is 0 Å². The van der Waals surface area contributed by atoms with Crippen molar-refractivity contribution >= 4 is 28.2 Å². The summed E-state index contributed by atoms with van der Waals surface area (Å²) in [6.07, 6.45) is 3.81. The molecule has 0 spiro atoms. The zero-order valence-electron chi connectivity index (χ0n) is 13.2. The first-order valence-corrected chi connectivity index (χ1v) is 8.60. The van der Waals surface area contributed by atoms with E-state index in [-0.39, 0.29) is 17.9 Å². The van der Waals surface area contributed by atoms with Gasteiger partial charge in [0, 0.05) is 10.9 Å². The Morgan fingerprint density at radius 2 is 2.12 bits per heavy atom. The molecule has 24 heavy (non-hydrogen) atoms. The van der Waals surface area contributed by atoms with Crippen molar-refractivity contribution in [2.45, 2.75) is 32.6 Å². The number of hydrogen-bond acceptors (Lipinski definition) is 6. The molecule has 0 radical (unpaired) electrons. The number of carbonyl (C=O) groups excluding carboxylic acids is 2. The predicted molar refractivity (Wildman–Crippen MR) is 89.7 cm³/mol. The van der Waals surface area contributed by atoms with Crippen LogP contribution in [-0.4, -0.2) is 28.7 Å². The van der Waals surface area contributed by atoms with Crippen molar-refractivity contribution in [3.8, 4) is 0 Å². The Bertz CT molecular complexity index is 820. The van der Waals surface area contributed by atoms with Crippen LogP contribution < -0.4 is 10.9 Å². The van der Waals surface area contributed by atoms with Gasteiger partial charge in [-0.2, -0.15) is 5.10 Å². The maximum absolute atomic E-state index is 12.3. The van der Waals surface area contributed by atoms with Gasteiger partial charge in [-0.05, 0) is 44.2 Å². The number of thiophene rings is 1. The first-order chi connectivity index (χ1) is 11.6. The first kappa shape index (κ1) is 16.4. The first-order valence-electron chi connectivity index (χ1n) is 7.79. The van der Waals surface area contributed by atoms with E-state index in [4.69, 9.17) is 4.74 Å². The van der Waals surface area contributed by atoms with Crippen LogP contribution in [-0.2, 0) is 17.6 Å². The van der Waals surface area contributed by atoms with E-state index >= 15 is 0 Å². The number of aromatic amines is 1. The summed E-state index contributed by atoms with van der Waals surface area (Å²) in [4.78, 5) is 36.8. The second-order valence-electron chi connectivity index (χ2n) is 5.40. The van der Waals surface area contributed by atoms with Gasteiger partial charge in [-0.25, -0.2) is 9.89 Å². The summed E-state index contributed by atoms with van der Waals surface area (Å²) in [5.74, 6) is -0.892. The highest BCUT2D eigenvalue weighted by molar-refractivity contribution is 7.17. The lowest BCUT2D eigenvalue weighted by molar-refractivity contribution is 0.0526. The number of esters is 1. The molecule has 0 atom stereocenters. The molecule has 2 aromatic rings. The van der Waals surface area contributed by atoms with Crippen LogP contribution in [0.25, 0.3) is 0 Å². The molecule has 1 aliphatic carbocycles. The van der Waals surface area contributed by atoms with Gasteiger partial charge < -0.3 is 10.1 Å². The molecule has 0 fully saturated rings. The zero-order chi connectivity index (χ0) is 17.1. The highest BCUT2D eigenvalue weighted by Crippen LogP contribution is 2.38. The van der Waals surface area contributed by atoms with Crippen molar-refractivity contribution in [1.82, 2.24) is 10.2 Å². The van der Waals surface area contributed by atoms with E-state index < -0.39 is 11.9 Å². The SMILES string of the molecule is CCOC(=O)c1c(NC(=O)c2ccc(=O)[nH]n2)sc2c1CCCC2. The molecule has 0 saturated carbocycles. The van der Waals surface area contributed by atoms with Crippen LogP contribution in [0.15, 0.2) is 16.9 Å². The summed E-state index contributed by atoms with van der Waals surface area (Å²) in [6, 6.07) is 2.57. The van der Waals surface area contributed by atoms with E-state index in [2.05, 4.69) is 15.5 Å². The van der Waals surface area contributed by atoms with Gasteiger partial charge in [-0.15, -0.1) is 11.3 Å². The standard InChI is InChI=1S/C16H17N3O4S/c1-2-23-16(22)13-9-5-3-4-6-11(9)24-15(13)17-14(21)10-7-8-12(20)19-18-10/h7-8H,2-6H2,1H3,(H,17,21)(H,19,20). The van der Waals surface area contributed by atoms with Crippen LogP contribution in [0.4, 0.5) is 5.00 Å². The Hall–Kier alpha value is -2.48. The van der Waals surface area contributed by atoms with E-state index in [0.717, 1.165) is 36.1 Å². The van der Waals surface area contributed by atoms with Gasteiger partial charge in [0.15, 0.2) is 0 Å². The van der Waals surface area contributed by atoms with Gasteiger partial charge in [0.1, 0.15) is 10.7 Å². The van der Waals surface area contributed by atoms with Crippen molar-refractivity contribution in [3.63, 3.8) is 0 Å². The van der Waals surface area contributed by atoms with Gasteiger partial charge in [-0.3, -0.25) is 9.59 Å². The molecule has 7 nitrogen and oxygen atoms in total. The number of amides is 1. The average molecular weight is 347 g/mol. The molecule has 2 aromatic heterocycles. The maximum Gasteiger partial charge on any atom is 0.341 e. The lowest BCUT2D eigenvalue weighted by Gasteiger charge is -2.12. The Balaban J connectivity index is 1.93. The Morgan fingerprint density at radius 3 is 2.83 bits per heavy atom. The molecule has 0 aliphatic heterocycles. The van der Waals surface area contributed by atoms with E-state index in [0.29, 0.717) is 10.6 Å². The van der Waals surface area contributed by atoms with Gasteiger partial charge in [0.05, 0.1) is 12.2 Å². The second-order valence-corrected chi connectivity index (χ2v) is 6.50.